The van der Waals surface area contributed by atoms with Crippen molar-refractivity contribution in [2.24, 2.45) is 0 Å². The molecule has 0 N–H and O–H groups in total. The predicted octanol–water partition coefficient (Wildman–Crippen LogP) is 2.16. The summed E-state index contributed by atoms with van der Waals surface area (Å²) < 4.78 is 45.9. The Morgan fingerprint density at radius 1 is 0.744 bits per heavy atom. The molecular formula is C29H25BrClO7P-. The Kier molecular flexibility index (Phi) is 11.2. The number of hydrogen-bond donors (Lipinski definition) is 0. The second kappa shape index (κ2) is 14.4. The van der Waals surface area contributed by atoms with Crippen molar-refractivity contribution in [1.29, 1.82) is 0 Å². The average molecular weight is 632 g/mol. The Hall–Kier alpha value is -3.07. The summed E-state index contributed by atoms with van der Waals surface area (Å²) in [5.74, 6) is 2.60. The van der Waals surface area contributed by atoms with E-state index < -0.39 is 23.7 Å². The lowest BCUT2D eigenvalue weighted by molar-refractivity contribution is -2.00. The molecule has 4 rings (SSSR count). The highest BCUT2D eigenvalue weighted by Crippen LogP contribution is 2.58. The van der Waals surface area contributed by atoms with Gasteiger partial charge in [-0.25, -0.2) is 23.4 Å². The van der Waals surface area contributed by atoms with Gasteiger partial charge in [-0.3, -0.25) is 0 Å². The molecule has 0 unspecified atom stereocenters. The molecule has 0 saturated carbocycles. The second-order valence-corrected chi connectivity index (χ2v) is 12.8. The van der Waals surface area contributed by atoms with Gasteiger partial charge in [-0.15, -0.1) is 10.2 Å². The van der Waals surface area contributed by atoms with Crippen molar-refractivity contribution in [1.82, 2.24) is 0 Å². The van der Waals surface area contributed by atoms with Crippen LogP contribution in [0.25, 0.3) is 5.76 Å². The third kappa shape index (κ3) is 8.98. The van der Waals surface area contributed by atoms with Gasteiger partial charge in [0.1, 0.15) is 5.76 Å². The highest BCUT2D eigenvalue weighted by atomic mass is 79.9. The Bertz CT molecular complexity index is 1240. The monoisotopic (exact) mass is 630 g/mol. The fraction of sp³-hybridized carbons (Fsp3) is 0.0690. The van der Waals surface area contributed by atoms with Crippen LogP contribution in [0.15, 0.2) is 126 Å². The van der Waals surface area contributed by atoms with Gasteiger partial charge in [0.25, 0.3) is 0 Å². The van der Waals surface area contributed by atoms with E-state index in [2.05, 4.69) is 94.5 Å². The highest BCUT2D eigenvalue weighted by molar-refractivity contribution is 9.10. The topological polar surface area (TPSA) is 128 Å². The van der Waals surface area contributed by atoms with Crippen molar-refractivity contribution in [2.45, 2.75) is 6.92 Å². The zero-order chi connectivity index (χ0) is 28.3. The third-order valence-electron chi connectivity index (χ3n) is 5.39. The summed E-state index contributed by atoms with van der Waals surface area (Å²) in [6.07, 6.45) is -0.719. The molecule has 0 spiro atoms. The number of carbonyl (C=O) groups is 1. The zero-order valence-electron chi connectivity index (χ0n) is 20.8. The van der Waals surface area contributed by atoms with E-state index in [-0.39, 0.29) is 6.61 Å². The predicted molar refractivity (Wildman–Crippen MR) is 145 cm³/mol. The van der Waals surface area contributed by atoms with Crippen molar-refractivity contribution in [3.63, 3.8) is 0 Å². The van der Waals surface area contributed by atoms with E-state index in [1.54, 1.807) is 6.92 Å². The van der Waals surface area contributed by atoms with Crippen LogP contribution in [0.3, 0.4) is 0 Å². The second-order valence-electron chi connectivity index (χ2n) is 7.89. The Morgan fingerprint density at radius 3 is 1.49 bits per heavy atom. The molecule has 0 fully saturated rings. The molecule has 0 bridgehead atoms. The van der Waals surface area contributed by atoms with E-state index in [4.69, 9.17) is 28.1 Å². The van der Waals surface area contributed by atoms with Gasteiger partial charge < -0.3 is 9.47 Å². The van der Waals surface area contributed by atoms with Crippen LogP contribution in [0.1, 0.15) is 12.5 Å². The molecule has 0 aromatic heterocycles. The molecule has 39 heavy (non-hydrogen) atoms. The Morgan fingerprint density at radius 2 is 1.13 bits per heavy atom. The van der Waals surface area contributed by atoms with E-state index in [0.717, 1.165) is 25.9 Å². The van der Waals surface area contributed by atoms with Gasteiger partial charge in [0, 0.05) is 10.0 Å². The number of halogens is 2. The van der Waals surface area contributed by atoms with Gasteiger partial charge >= 0.3 is 6.16 Å². The van der Waals surface area contributed by atoms with Crippen LogP contribution in [-0.2, 0) is 9.47 Å². The maximum atomic E-state index is 12.5. The Balaban J connectivity index is 0.000000771. The summed E-state index contributed by atoms with van der Waals surface area (Å²) >= 11 is 3.50. The summed E-state index contributed by atoms with van der Waals surface area (Å²) in [7, 11) is -7.31. The first-order valence-corrected chi connectivity index (χ1v) is 15.5. The number of carbonyl (C=O) groups excluding carboxylic acids is 1. The van der Waals surface area contributed by atoms with E-state index in [1.807, 2.05) is 42.5 Å². The lowest BCUT2D eigenvalue weighted by atomic mass is 10.2. The number of benzene rings is 4. The quantitative estimate of drug-likeness (QED) is 0.174. The normalized spacial score (nSPS) is 11.7. The van der Waals surface area contributed by atoms with Crippen molar-refractivity contribution >= 4 is 51.0 Å². The molecule has 10 heteroatoms. The first kappa shape index (κ1) is 30.5. The van der Waals surface area contributed by atoms with Crippen molar-refractivity contribution in [2.75, 3.05) is 6.61 Å². The molecule has 4 aromatic carbocycles. The van der Waals surface area contributed by atoms with Crippen LogP contribution in [-0.4, -0.2) is 12.8 Å². The zero-order valence-corrected chi connectivity index (χ0v) is 24.1. The van der Waals surface area contributed by atoms with Gasteiger partial charge in [0.2, 0.25) is 0 Å². The molecule has 0 saturated heterocycles. The van der Waals surface area contributed by atoms with E-state index in [9.17, 15) is 4.79 Å². The lowest BCUT2D eigenvalue weighted by Crippen LogP contribution is -2.68. The fourth-order valence-corrected chi connectivity index (χ4v) is 7.93. The van der Waals surface area contributed by atoms with Gasteiger partial charge in [-0.2, -0.15) is 0 Å². The number of hydrogen-bond acceptors (Lipinski definition) is 7. The molecule has 1 radical (unpaired) electrons. The van der Waals surface area contributed by atoms with Crippen LogP contribution in [0.4, 0.5) is 4.79 Å². The van der Waals surface area contributed by atoms with Crippen molar-refractivity contribution < 1.29 is 43.1 Å². The first-order valence-electron chi connectivity index (χ1n) is 11.6. The minimum Gasteiger partial charge on any atom is -0.434 e. The summed E-state index contributed by atoms with van der Waals surface area (Å²) in [5.41, 5.74) is 0.795. The highest BCUT2D eigenvalue weighted by Gasteiger charge is 2.33. The van der Waals surface area contributed by atoms with Gasteiger partial charge in [0.05, 0.1) is 6.61 Å². The van der Waals surface area contributed by atoms with E-state index >= 15 is 0 Å². The summed E-state index contributed by atoms with van der Waals surface area (Å²) in [4.78, 5) is 12.5. The van der Waals surface area contributed by atoms with E-state index in [0.29, 0.717) is 5.76 Å². The summed E-state index contributed by atoms with van der Waals surface area (Å²) in [6.45, 7) is 2.00. The van der Waals surface area contributed by atoms with Gasteiger partial charge in [0.15, 0.2) is 0 Å². The van der Waals surface area contributed by atoms with Crippen LogP contribution in [0, 0.1) is 10.2 Å². The largest absolute Gasteiger partial charge is 0.513 e. The van der Waals surface area contributed by atoms with Crippen LogP contribution in [0.2, 0.25) is 0 Å². The summed E-state index contributed by atoms with van der Waals surface area (Å²) in [6, 6.07) is 39.0. The molecule has 0 heterocycles. The number of rotatable bonds is 7. The fourth-order valence-electron chi connectivity index (χ4n) is 3.85. The molecule has 0 amide bonds. The summed E-state index contributed by atoms with van der Waals surface area (Å²) in [5, 5.41) is 3.48. The molecule has 4 aromatic rings. The molecule has 0 aliphatic carbocycles. The molecule has 0 aliphatic rings. The minimum absolute atomic E-state index is 0.239. The van der Waals surface area contributed by atoms with Crippen molar-refractivity contribution in [3.05, 3.63) is 131 Å². The van der Waals surface area contributed by atoms with E-state index in [1.165, 1.54) is 0 Å². The maximum absolute atomic E-state index is 12.5. The molecule has 0 aliphatic heterocycles. The van der Waals surface area contributed by atoms with Crippen molar-refractivity contribution in [3.8, 4) is 0 Å². The Labute approximate surface area is 238 Å². The van der Waals surface area contributed by atoms with Gasteiger partial charge in [-0.05, 0) is 48.0 Å². The molecule has 203 valence electrons. The van der Waals surface area contributed by atoms with Crippen LogP contribution in [0.5, 0.6) is 0 Å². The smallest absolute Gasteiger partial charge is 0.434 e. The van der Waals surface area contributed by atoms with Gasteiger partial charge in [-0.1, -0.05) is 119 Å². The third-order valence-corrected chi connectivity index (χ3v) is 9.87. The average Bonchev–Trinajstić information content (AvgIpc) is 2.92. The standard InChI is InChI=1S/C29H25BrO3P.ClHO4/c1-2-32-29(31)33-28(23-18-20-24(30)21-19-23)22-34(25-12-6-3-7-13-25,26-14-8-4-9-15-26)27-16-10-5-11-17-27;2-1(3,4)5/h3-22H,2H2,1H3;(H,2,3,4,5)/p-1/b28-22-;. The maximum Gasteiger partial charge on any atom is 0.513 e. The lowest BCUT2D eigenvalue weighted by Gasteiger charge is -2.36. The molecule has 7 nitrogen and oxygen atoms in total. The molecule has 0 atom stereocenters. The minimum atomic E-state index is -4.94. The first-order chi connectivity index (χ1) is 18.6. The van der Waals surface area contributed by atoms with Crippen LogP contribution < -0.4 is 34.5 Å². The number of ether oxygens (including phenoxy) is 2. The van der Waals surface area contributed by atoms with Crippen LogP contribution >= 0.6 is 23.2 Å². The molecular weight excluding hydrogens is 607 g/mol. The SMILES string of the molecule is CCOC(=O)O/C(=C\[P](c1ccccc1)(c1ccccc1)c1ccccc1)c1ccc(Br)cc1.[O-][Cl+3]([O-])([O-])[O-].